The van der Waals surface area contributed by atoms with Crippen LogP contribution in [-0.2, 0) is 11.3 Å². The third-order valence-electron chi connectivity index (χ3n) is 1.93. The summed E-state index contributed by atoms with van der Waals surface area (Å²) in [4.78, 5) is 4.20. The van der Waals surface area contributed by atoms with Crippen molar-refractivity contribution < 1.29 is 4.74 Å². The average molecular weight is 131 g/mol. The molecular weight excluding hydrogens is 126 g/mol. The lowest BCUT2D eigenvalue weighted by Gasteiger charge is -1.88. The van der Waals surface area contributed by atoms with Crippen molar-refractivity contribution in [3.8, 4) is 0 Å². The molecule has 0 saturated heterocycles. The molecule has 2 heterocycles. The highest BCUT2D eigenvalue weighted by Crippen LogP contribution is 2.12. The van der Waals surface area contributed by atoms with Crippen molar-refractivity contribution in [2.45, 2.75) is 6.61 Å². The Bertz CT molecular complexity index is 420. The first-order valence-corrected chi connectivity index (χ1v) is 3.26. The third kappa shape index (κ3) is 0.386. The van der Waals surface area contributed by atoms with E-state index in [0.717, 1.165) is 5.35 Å². The first-order chi connectivity index (χ1) is 4.95. The summed E-state index contributed by atoms with van der Waals surface area (Å²) >= 11 is 0. The van der Waals surface area contributed by atoms with Gasteiger partial charge in [-0.1, -0.05) is 0 Å². The van der Waals surface area contributed by atoms with Crippen molar-refractivity contribution in [2.75, 3.05) is 0 Å². The summed E-state index contributed by atoms with van der Waals surface area (Å²) in [5.41, 5.74) is 2.61. The van der Waals surface area contributed by atoms with Crippen molar-refractivity contribution in [1.82, 2.24) is 4.98 Å². The lowest BCUT2D eigenvalue weighted by atomic mass is 10.2. The van der Waals surface area contributed by atoms with Gasteiger partial charge < -0.3 is 4.74 Å². The van der Waals surface area contributed by atoms with Gasteiger partial charge in [0.25, 0.3) is 0 Å². The first kappa shape index (κ1) is 4.50. The second-order valence-electron chi connectivity index (χ2n) is 2.56. The molecule has 10 heavy (non-hydrogen) atoms. The van der Waals surface area contributed by atoms with Crippen LogP contribution in [-0.4, -0.2) is 4.98 Å². The van der Waals surface area contributed by atoms with Crippen LogP contribution in [0.5, 0.6) is 0 Å². The zero-order chi connectivity index (χ0) is 6.55. The van der Waals surface area contributed by atoms with Crippen molar-refractivity contribution in [3.05, 3.63) is 27.9 Å². The van der Waals surface area contributed by atoms with Crippen LogP contribution < -0.4 is 10.6 Å². The minimum absolute atomic E-state index is 0.710. The second kappa shape index (κ2) is 1.24. The van der Waals surface area contributed by atoms with Crippen molar-refractivity contribution in [3.63, 3.8) is 0 Å². The summed E-state index contributed by atoms with van der Waals surface area (Å²) in [6.07, 6.45) is 5.75. The quantitative estimate of drug-likeness (QED) is 0.480. The topological polar surface area (TPSA) is 22.1 Å². The van der Waals surface area contributed by atoms with Gasteiger partial charge in [0.05, 0.1) is 0 Å². The molecule has 1 aromatic rings. The molecule has 0 radical (unpaired) electrons. The van der Waals surface area contributed by atoms with Crippen LogP contribution in [0.2, 0.25) is 0 Å². The Balaban J connectivity index is 2.51. The summed E-state index contributed by atoms with van der Waals surface area (Å²) in [7, 11) is 0. The Hall–Kier alpha value is -1.31. The lowest BCUT2D eigenvalue weighted by Crippen LogP contribution is -2.11. The Morgan fingerprint density at radius 3 is 3.50 bits per heavy atom. The predicted octanol–water partition coefficient (Wildman–Crippen LogP) is -0.508. The number of hydrogen-bond donors (Lipinski definition) is 0. The van der Waals surface area contributed by atoms with Gasteiger partial charge in [-0.15, -0.1) is 0 Å². The van der Waals surface area contributed by atoms with Gasteiger partial charge in [-0.3, -0.25) is 4.98 Å². The molecule has 0 saturated carbocycles. The van der Waals surface area contributed by atoms with Crippen molar-refractivity contribution in [1.29, 1.82) is 0 Å². The summed E-state index contributed by atoms with van der Waals surface area (Å²) in [6.45, 7) is 0.710. The number of hydrogen-bond acceptors (Lipinski definition) is 2. The maximum absolute atomic E-state index is 5.12. The van der Waals surface area contributed by atoms with Gasteiger partial charge in [-0.2, -0.15) is 0 Å². The number of pyridine rings is 1. The minimum atomic E-state index is 0.710. The fourth-order valence-corrected chi connectivity index (χ4v) is 1.30. The molecular formula is C8H5NO. The zero-order valence-corrected chi connectivity index (χ0v) is 5.29. The molecule has 1 aromatic heterocycles. The number of fused-ring (bicyclic) bond motifs is 3. The molecule has 0 bridgehead atoms. The molecule has 48 valence electrons. The number of rotatable bonds is 0. The van der Waals surface area contributed by atoms with Crippen LogP contribution in [0.25, 0.3) is 12.3 Å². The lowest BCUT2D eigenvalue weighted by molar-refractivity contribution is 0.297. The van der Waals surface area contributed by atoms with Gasteiger partial charge in [0.1, 0.15) is 18.2 Å². The van der Waals surface area contributed by atoms with Gasteiger partial charge in [-0.25, -0.2) is 0 Å². The Labute approximate surface area is 57.5 Å². The van der Waals surface area contributed by atoms with Gasteiger partial charge in [0.2, 0.25) is 0 Å². The van der Waals surface area contributed by atoms with E-state index in [1.807, 2.05) is 6.20 Å². The highest BCUT2D eigenvalue weighted by Gasteiger charge is 2.16. The average Bonchev–Trinajstić information content (AvgIpc) is 2.60. The highest BCUT2D eigenvalue weighted by atomic mass is 16.5. The molecule has 1 aliphatic heterocycles. The maximum atomic E-state index is 5.12. The van der Waals surface area contributed by atoms with Crippen LogP contribution >= 0.6 is 0 Å². The molecule has 1 aliphatic carbocycles. The van der Waals surface area contributed by atoms with E-state index in [0.29, 0.717) is 6.61 Å². The maximum Gasteiger partial charge on any atom is 0.115 e. The molecule has 0 aromatic carbocycles. The van der Waals surface area contributed by atoms with Crippen LogP contribution in [0.15, 0.2) is 6.20 Å². The molecule has 2 aliphatic rings. The predicted molar refractivity (Wildman–Crippen MR) is 36.3 cm³/mol. The molecule has 3 rings (SSSR count). The molecule has 0 atom stereocenters. The van der Waals surface area contributed by atoms with Crippen molar-refractivity contribution in [2.24, 2.45) is 0 Å². The van der Waals surface area contributed by atoms with E-state index < -0.39 is 0 Å². The molecule has 0 N–H and O–H groups in total. The molecule has 0 amide bonds. The SMILES string of the molecule is C1=c2cnc3c(c21)COC=3. The molecule has 0 fully saturated rings. The van der Waals surface area contributed by atoms with E-state index in [1.54, 1.807) is 6.26 Å². The summed E-state index contributed by atoms with van der Waals surface area (Å²) in [6, 6.07) is 0. The van der Waals surface area contributed by atoms with E-state index >= 15 is 0 Å². The smallest absolute Gasteiger partial charge is 0.115 e. The van der Waals surface area contributed by atoms with Crippen LogP contribution in [0.4, 0.5) is 0 Å². The largest absolute Gasteiger partial charge is 0.494 e. The summed E-state index contributed by atoms with van der Waals surface area (Å²) in [5, 5.41) is 2.28. The molecule has 0 spiro atoms. The van der Waals surface area contributed by atoms with Crippen LogP contribution in [0.3, 0.4) is 0 Å². The zero-order valence-electron chi connectivity index (χ0n) is 5.29. The van der Waals surface area contributed by atoms with Crippen LogP contribution in [0.1, 0.15) is 11.1 Å². The summed E-state index contributed by atoms with van der Waals surface area (Å²) in [5.74, 6) is 0. The van der Waals surface area contributed by atoms with Crippen LogP contribution in [0, 0.1) is 0 Å². The number of aromatic nitrogens is 1. The van der Waals surface area contributed by atoms with Gasteiger partial charge in [0, 0.05) is 17.0 Å². The second-order valence-corrected chi connectivity index (χ2v) is 2.56. The summed E-state index contributed by atoms with van der Waals surface area (Å²) < 4.78 is 5.12. The fourth-order valence-electron chi connectivity index (χ4n) is 1.30. The minimum Gasteiger partial charge on any atom is -0.494 e. The molecule has 2 nitrogen and oxygen atoms in total. The number of ether oxygens (including phenoxy) is 1. The third-order valence-corrected chi connectivity index (χ3v) is 1.93. The highest BCUT2D eigenvalue weighted by molar-refractivity contribution is 5.68. The molecule has 2 heteroatoms. The Morgan fingerprint density at radius 1 is 1.50 bits per heavy atom. The van der Waals surface area contributed by atoms with E-state index in [4.69, 9.17) is 4.74 Å². The van der Waals surface area contributed by atoms with Crippen molar-refractivity contribution >= 4 is 12.3 Å². The number of nitrogens with zero attached hydrogens (tertiary/aromatic N) is 1. The fraction of sp³-hybridized carbons (Fsp3) is 0.125. The first-order valence-electron chi connectivity index (χ1n) is 3.26. The Kier molecular flexibility index (Phi) is 0.556. The van der Waals surface area contributed by atoms with Gasteiger partial charge in [0.15, 0.2) is 0 Å². The molecule has 0 unspecified atom stereocenters. The normalized spacial score (nSPS) is 16.0. The van der Waals surface area contributed by atoms with E-state index in [1.165, 1.54) is 16.3 Å². The Morgan fingerprint density at radius 2 is 2.50 bits per heavy atom. The monoisotopic (exact) mass is 131 g/mol. The van der Waals surface area contributed by atoms with Gasteiger partial charge >= 0.3 is 0 Å². The van der Waals surface area contributed by atoms with Gasteiger partial charge in [-0.05, 0) is 11.6 Å². The van der Waals surface area contributed by atoms with E-state index in [2.05, 4.69) is 11.1 Å². The van der Waals surface area contributed by atoms with E-state index in [9.17, 15) is 0 Å². The standard InChI is InChI=1S/C8H5NO/c1-5-2-9-8-4-10-3-7(8)6(1)5/h1-2,4H,3H2. The van der Waals surface area contributed by atoms with E-state index in [-0.39, 0.29) is 0 Å².